The molecule has 21 heavy (non-hydrogen) atoms. The van der Waals surface area contributed by atoms with E-state index in [2.05, 4.69) is 5.32 Å². The fraction of sp³-hybridized carbons (Fsp3) is 0.562. The van der Waals surface area contributed by atoms with Crippen LogP contribution < -0.4 is 15.0 Å². The third-order valence-corrected chi connectivity index (χ3v) is 4.25. The smallest absolute Gasteiger partial charge is 0.328 e. The van der Waals surface area contributed by atoms with Gasteiger partial charge < -0.3 is 19.7 Å². The summed E-state index contributed by atoms with van der Waals surface area (Å²) < 4.78 is 10.4. The number of ether oxygens (including phenoxy) is 2. The molecule has 1 unspecified atom stereocenters. The molecule has 1 atom stereocenters. The van der Waals surface area contributed by atoms with Gasteiger partial charge in [-0.1, -0.05) is 12.1 Å². The molecule has 0 aromatic heterocycles. The normalized spacial score (nSPS) is 17.0. The molecule has 116 valence electrons. The molecule has 1 N–H and O–H groups in total. The van der Waals surface area contributed by atoms with Gasteiger partial charge in [0.15, 0.2) is 0 Å². The average molecular weight is 292 g/mol. The molecular formula is C16H24N2O3. The van der Waals surface area contributed by atoms with Gasteiger partial charge in [-0.2, -0.15) is 0 Å². The second-order valence-corrected chi connectivity index (χ2v) is 5.52. The summed E-state index contributed by atoms with van der Waals surface area (Å²) in [6, 6.07) is 7.80. The van der Waals surface area contributed by atoms with E-state index in [-0.39, 0.29) is 5.97 Å². The minimum Gasteiger partial charge on any atom is -0.495 e. The number of hydrogen-bond donors (Lipinski definition) is 1. The summed E-state index contributed by atoms with van der Waals surface area (Å²) in [5.41, 5.74) is 0.300. The van der Waals surface area contributed by atoms with Gasteiger partial charge in [0, 0.05) is 13.6 Å². The lowest BCUT2D eigenvalue weighted by atomic mass is 9.92. The molecule has 1 fully saturated rings. The summed E-state index contributed by atoms with van der Waals surface area (Å²) in [5.74, 6) is 0.923. The van der Waals surface area contributed by atoms with E-state index < -0.39 is 5.54 Å². The fourth-order valence-electron chi connectivity index (χ4n) is 2.91. The average Bonchev–Trinajstić information content (AvgIpc) is 3.36. The second kappa shape index (κ2) is 6.35. The number of para-hydroxylation sites is 2. The lowest BCUT2D eigenvalue weighted by molar-refractivity contribution is -0.149. The van der Waals surface area contributed by atoms with Crippen molar-refractivity contribution >= 4 is 11.7 Å². The highest BCUT2D eigenvalue weighted by Gasteiger charge is 2.51. The van der Waals surface area contributed by atoms with Crippen LogP contribution in [0.2, 0.25) is 0 Å². The predicted molar refractivity (Wildman–Crippen MR) is 82.8 cm³/mol. The molecule has 0 saturated heterocycles. The zero-order chi connectivity index (χ0) is 15.5. The van der Waals surface area contributed by atoms with E-state index in [1.165, 1.54) is 7.11 Å². The summed E-state index contributed by atoms with van der Waals surface area (Å²) in [7, 11) is 6.89. The highest BCUT2D eigenvalue weighted by Crippen LogP contribution is 2.41. The summed E-state index contributed by atoms with van der Waals surface area (Å²) in [6.07, 6.45) is 2.10. The maximum Gasteiger partial charge on any atom is 0.328 e. The van der Waals surface area contributed by atoms with E-state index in [0.29, 0.717) is 12.5 Å². The van der Waals surface area contributed by atoms with Gasteiger partial charge in [0.05, 0.1) is 19.9 Å². The van der Waals surface area contributed by atoms with Crippen LogP contribution in [0.25, 0.3) is 0 Å². The van der Waals surface area contributed by atoms with Crippen molar-refractivity contribution in [3.63, 3.8) is 0 Å². The van der Waals surface area contributed by atoms with Gasteiger partial charge in [0.2, 0.25) is 0 Å². The van der Waals surface area contributed by atoms with Gasteiger partial charge in [-0.15, -0.1) is 0 Å². The molecule has 0 heterocycles. The Labute approximate surface area is 126 Å². The number of anilines is 1. The van der Waals surface area contributed by atoms with Crippen molar-refractivity contribution in [2.75, 3.05) is 39.8 Å². The Balaban J connectivity index is 2.26. The van der Waals surface area contributed by atoms with Crippen LogP contribution in [0.15, 0.2) is 24.3 Å². The first-order chi connectivity index (χ1) is 10.1. The molecule has 1 aromatic rings. The zero-order valence-electron chi connectivity index (χ0n) is 13.2. The number of likely N-dealkylation sites (N-methyl/N-ethyl adjacent to an activating group) is 2. The summed E-state index contributed by atoms with van der Waals surface area (Å²) in [6.45, 7) is 0.543. The Morgan fingerprint density at radius 3 is 2.57 bits per heavy atom. The van der Waals surface area contributed by atoms with Crippen LogP contribution in [0.1, 0.15) is 12.8 Å². The molecule has 0 radical (unpaired) electrons. The van der Waals surface area contributed by atoms with Crippen LogP contribution in [0, 0.1) is 5.92 Å². The van der Waals surface area contributed by atoms with E-state index in [0.717, 1.165) is 24.3 Å². The van der Waals surface area contributed by atoms with Crippen LogP contribution in [0.3, 0.4) is 0 Å². The predicted octanol–water partition coefficient (Wildman–Crippen LogP) is 1.67. The quantitative estimate of drug-likeness (QED) is 0.775. The molecule has 1 aromatic carbocycles. The third-order valence-electron chi connectivity index (χ3n) is 4.25. The van der Waals surface area contributed by atoms with Crippen molar-refractivity contribution in [1.29, 1.82) is 0 Å². The van der Waals surface area contributed by atoms with E-state index in [1.54, 1.807) is 7.11 Å². The minimum absolute atomic E-state index is 0.200. The number of carbonyl (C=O) groups excluding carboxylic acids is 1. The van der Waals surface area contributed by atoms with Gasteiger partial charge in [0.25, 0.3) is 0 Å². The van der Waals surface area contributed by atoms with Gasteiger partial charge in [-0.3, -0.25) is 0 Å². The van der Waals surface area contributed by atoms with Crippen molar-refractivity contribution in [2.24, 2.45) is 5.92 Å². The molecule has 1 aliphatic rings. The molecule has 0 aliphatic heterocycles. The summed E-state index contributed by atoms with van der Waals surface area (Å²) in [5, 5.41) is 3.21. The van der Waals surface area contributed by atoms with Crippen molar-refractivity contribution in [2.45, 2.75) is 18.4 Å². The molecule has 0 bridgehead atoms. The monoisotopic (exact) mass is 292 g/mol. The lowest BCUT2D eigenvalue weighted by Crippen LogP contribution is -2.59. The van der Waals surface area contributed by atoms with Crippen LogP contribution in [-0.4, -0.2) is 46.4 Å². The van der Waals surface area contributed by atoms with E-state index in [1.807, 2.05) is 43.3 Å². The van der Waals surface area contributed by atoms with Crippen LogP contribution >= 0.6 is 0 Å². The SMILES string of the molecule is CNC(CN(C)c1ccccc1OC)(C(=O)OC)C1CC1. The van der Waals surface area contributed by atoms with Gasteiger partial charge in [0.1, 0.15) is 11.3 Å². The number of rotatable bonds is 7. The number of methoxy groups -OCH3 is 2. The molecule has 0 spiro atoms. The fourth-order valence-corrected chi connectivity index (χ4v) is 2.91. The molecule has 5 heteroatoms. The lowest BCUT2D eigenvalue weighted by Gasteiger charge is -2.36. The van der Waals surface area contributed by atoms with Gasteiger partial charge in [-0.25, -0.2) is 4.79 Å². The Hall–Kier alpha value is -1.75. The summed E-state index contributed by atoms with van der Waals surface area (Å²) in [4.78, 5) is 14.4. The van der Waals surface area contributed by atoms with Crippen molar-refractivity contribution in [3.8, 4) is 5.75 Å². The number of esters is 1. The highest BCUT2D eigenvalue weighted by molar-refractivity contribution is 5.83. The molecular weight excluding hydrogens is 268 g/mol. The molecule has 1 saturated carbocycles. The van der Waals surface area contributed by atoms with Crippen molar-refractivity contribution < 1.29 is 14.3 Å². The topological polar surface area (TPSA) is 50.8 Å². The Morgan fingerprint density at radius 2 is 2.05 bits per heavy atom. The van der Waals surface area contributed by atoms with Crippen molar-refractivity contribution in [1.82, 2.24) is 5.32 Å². The van der Waals surface area contributed by atoms with Gasteiger partial charge >= 0.3 is 5.97 Å². The van der Waals surface area contributed by atoms with Crippen molar-refractivity contribution in [3.05, 3.63) is 24.3 Å². The Bertz CT molecular complexity index is 502. The molecule has 2 rings (SSSR count). The van der Waals surface area contributed by atoms with Crippen LogP contribution in [0.5, 0.6) is 5.75 Å². The standard InChI is InChI=1S/C16H24N2O3/c1-17-16(12-9-10-12,15(19)21-4)11-18(2)13-7-5-6-8-14(13)20-3/h5-8,12,17H,9-11H2,1-4H3. The van der Waals surface area contributed by atoms with Gasteiger partial charge in [-0.05, 0) is 37.9 Å². The first-order valence-corrected chi connectivity index (χ1v) is 7.20. The Kier molecular flexibility index (Phi) is 4.73. The zero-order valence-corrected chi connectivity index (χ0v) is 13.2. The van der Waals surface area contributed by atoms with Crippen LogP contribution in [0.4, 0.5) is 5.69 Å². The number of nitrogens with one attached hydrogen (secondary N) is 1. The highest BCUT2D eigenvalue weighted by atomic mass is 16.5. The largest absolute Gasteiger partial charge is 0.495 e. The van der Waals surface area contributed by atoms with E-state index in [9.17, 15) is 4.79 Å². The van der Waals surface area contributed by atoms with Crippen LogP contribution in [-0.2, 0) is 9.53 Å². The van der Waals surface area contributed by atoms with E-state index in [4.69, 9.17) is 9.47 Å². The number of hydrogen-bond acceptors (Lipinski definition) is 5. The third kappa shape index (κ3) is 2.97. The number of carbonyl (C=O) groups is 1. The second-order valence-electron chi connectivity index (χ2n) is 5.52. The molecule has 5 nitrogen and oxygen atoms in total. The molecule has 1 aliphatic carbocycles. The van der Waals surface area contributed by atoms with E-state index >= 15 is 0 Å². The minimum atomic E-state index is -0.662. The Morgan fingerprint density at radius 1 is 1.38 bits per heavy atom. The summed E-state index contributed by atoms with van der Waals surface area (Å²) >= 11 is 0. The first kappa shape index (κ1) is 15.6. The number of nitrogens with zero attached hydrogens (tertiary/aromatic N) is 1. The first-order valence-electron chi connectivity index (χ1n) is 7.20. The maximum absolute atomic E-state index is 12.3. The number of benzene rings is 1. The molecule has 0 amide bonds. The maximum atomic E-state index is 12.3.